The number of benzene rings is 2. The molecule has 0 heterocycles. The maximum atomic E-state index is 12.5. The lowest BCUT2D eigenvalue weighted by molar-refractivity contribution is 0.106. The van der Waals surface area contributed by atoms with Crippen molar-refractivity contribution in [3.63, 3.8) is 0 Å². The number of carbonyl (C=O) groups is 1. The maximum Gasteiger partial charge on any atom is 0.209 e. The Morgan fingerprint density at radius 2 is 1.90 bits per heavy atom. The van der Waals surface area contributed by atoms with Crippen molar-refractivity contribution in [1.82, 2.24) is 0 Å². The molecule has 106 valence electrons. The summed E-state index contributed by atoms with van der Waals surface area (Å²) in [6.07, 6.45) is 2.53. The molecule has 0 bridgehead atoms. The molecule has 3 rings (SSSR count). The van der Waals surface area contributed by atoms with Crippen LogP contribution in [0.5, 0.6) is 0 Å². The van der Waals surface area contributed by atoms with Gasteiger partial charge in [-0.25, -0.2) is 0 Å². The zero-order chi connectivity index (χ0) is 14.7. The summed E-state index contributed by atoms with van der Waals surface area (Å²) in [5.74, 6) is 0.0117. The lowest BCUT2D eigenvalue weighted by Crippen LogP contribution is -2.15. The second-order valence-electron chi connectivity index (χ2n) is 5.02. The number of hydrazone groups is 1. The van der Waals surface area contributed by atoms with Crippen LogP contribution in [0.1, 0.15) is 28.8 Å². The second-order valence-corrected chi connectivity index (χ2v) is 5.46. The van der Waals surface area contributed by atoms with Gasteiger partial charge in [-0.2, -0.15) is 5.10 Å². The molecule has 0 unspecified atom stereocenters. The average molecular weight is 299 g/mol. The zero-order valence-corrected chi connectivity index (χ0v) is 12.2. The number of rotatable bonds is 2. The predicted octanol–water partition coefficient (Wildman–Crippen LogP) is 4.33. The highest BCUT2D eigenvalue weighted by Gasteiger charge is 2.20. The number of carbonyl (C=O) groups excluding carboxylic acids is 1. The summed E-state index contributed by atoms with van der Waals surface area (Å²) in [5.41, 5.74) is 6.15. The Labute approximate surface area is 128 Å². The van der Waals surface area contributed by atoms with Gasteiger partial charge in [0.25, 0.3) is 0 Å². The topological polar surface area (TPSA) is 41.5 Å². The highest BCUT2D eigenvalue weighted by molar-refractivity contribution is 6.46. The van der Waals surface area contributed by atoms with Gasteiger partial charge in [0, 0.05) is 10.6 Å². The summed E-state index contributed by atoms with van der Waals surface area (Å²) in [7, 11) is 0. The minimum absolute atomic E-state index is 0.0117. The number of halogens is 1. The average Bonchev–Trinajstić information content (AvgIpc) is 2.65. The first kappa shape index (κ1) is 13.8. The van der Waals surface area contributed by atoms with Crippen molar-refractivity contribution in [3.8, 4) is 0 Å². The van der Waals surface area contributed by atoms with Gasteiger partial charge in [-0.05, 0) is 43.0 Å². The third kappa shape index (κ3) is 3.14. The number of Topliss-reactive ketones (excluding diaryl/α,β-unsaturated/α-hetero) is 1. The van der Waals surface area contributed by atoms with Crippen LogP contribution in [-0.4, -0.2) is 11.5 Å². The monoisotopic (exact) mass is 298 g/mol. The number of ketones is 1. The van der Waals surface area contributed by atoms with Crippen molar-refractivity contribution < 1.29 is 4.79 Å². The van der Waals surface area contributed by atoms with Gasteiger partial charge in [0.1, 0.15) is 5.71 Å². The van der Waals surface area contributed by atoms with Gasteiger partial charge in [0.2, 0.25) is 5.78 Å². The van der Waals surface area contributed by atoms with Gasteiger partial charge in [-0.1, -0.05) is 41.9 Å². The van der Waals surface area contributed by atoms with Gasteiger partial charge in [0.05, 0.1) is 5.69 Å². The summed E-state index contributed by atoms with van der Waals surface area (Å²) in [5, 5.41) is 4.93. The van der Waals surface area contributed by atoms with E-state index in [2.05, 4.69) is 10.5 Å². The molecule has 3 nitrogen and oxygen atoms in total. The van der Waals surface area contributed by atoms with Crippen molar-refractivity contribution in [3.05, 3.63) is 64.7 Å². The van der Waals surface area contributed by atoms with Gasteiger partial charge < -0.3 is 0 Å². The maximum absolute atomic E-state index is 12.5. The molecule has 0 amide bonds. The van der Waals surface area contributed by atoms with Crippen LogP contribution >= 0.6 is 11.6 Å². The Morgan fingerprint density at radius 1 is 1.05 bits per heavy atom. The van der Waals surface area contributed by atoms with E-state index in [-0.39, 0.29) is 5.78 Å². The normalized spacial score (nSPS) is 16.4. The summed E-state index contributed by atoms with van der Waals surface area (Å²) in [6.45, 7) is 0. The Kier molecular flexibility index (Phi) is 4.02. The van der Waals surface area contributed by atoms with E-state index in [1.807, 2.05) is 36.4 Å². The number of hydrogen-bond acceptors (Lipinski definition) is 3. The standard InChI is InChI=1S/C17H15ClN2O/c18-13-7-4-8-14(11-13)19-20-16-10-3-6-12-5-1-2-9-15(12)17(16)21/h1-2,4-5,7-9,11,19H,3,6,10H2/b20-16-. The summed E-state index contributed by atoms with van der Waals surface area (Å²) in [6, 6.07) is 15.0. The highest BCUT2D eigenvalue weighted by atomic mass is 35.5. The van der Waals surface area contributed by atoms with Crippen molar-refractivity contribution in [1.29, 1.82) is 0 Å². The first-order valence-corrected chi connectivity index (χ1v) is 7.32. The first-order valence-electron chi connectivity index (χ1n) is 6.95. The van der Waals surface area contributed by atoms with Crippen molar-refractivity contribution in [2.24, 2.45) is 5.10 Å². The van der Waals surface area contributed by atoms with Crippen LogP contribution in [0, 0.1) is 0 Å². The SMILES string of the molecule is O=C1/C(=N\Nc2cccc(Cl)c2)CCCc2ccccc21. The number of fused-ring (bicyclic) bond motifs is 1. The fourth-order valence-corrected chi connectivity index (χ4v) is 2.66. The van der Waals surface area contributed by atoms with Crippen LogP contribution in [0.3, 0.4) is 0 Å². The molecule has 1 N–H and O–H groups in total. The Morgan fingerprint density at radius 3 is 2.76 bits per heavy atom. The van der Waals surface area contributed by atoms with E-state index in [0.29, 0.717) is 17.2 Å². The van der Waals surface area contributed by atoms with Crippen molar-refractivity contribution >= 4 is 28.8 Å². The Bertz CT molecular complexity index is 709. The van der Waals surface area contributed by atoms with E-state index < -0.39 is 0 Å². The van der Waals surface area contributed by atoms with E-state index in [1.54, 1.807) is 12.1 Å². The van der Waals surface area contributed by atoms with Gasteiger partial charge in [0.15, 0.2) is 0 Å². The van der Waals surface area contributed by atoms with Gasteiger partial charge >= 0.3 is 0 Å². The van der Waals surface area contributed by atoms with Crippen LogP contribution < -0.4 is 5.43 Å². The summed E-state index contributed by atoms with van der Waals surface area (Å²) >= 11 is 5.93. The molecule has 0 saturated carbocycles. The zero-order valence-electron chi connectivity index (χ0n) is 11.5. The third-order valence-corrected chi connectivity index (χ3v) is 3.76. The molecule has 1 aliphatic rings. The van der Waals surface area contributed by atoms with Crippen molar-refractivity contribution in [2.75, 3.05) is 5.43 Å². The first-order chi connectivity index (χ1) is 10.2. The molecule has 0 saturated heterocycles. The molecule has 0 aromatic heterocycles. The quantitative estimate of drug-likeness (QED) is 0.662. The van der Waals surface area contributed by atoms with Crippen LogP contribution in [0.4, 0.5) is 5.69 Å². The van der Waals surface area contributed by atoms with Crippen LogP contribution in [-0.2, 0) is 6.42 Å². The van der Waals surface area contributed by atoms with E-state index in [9.17, 15) is 4.79 Å². The molecule has 0 fully saturated rings. The van der Waals surface area contributed by atoms with Crippen LogP contribution in [0.2, 0.25) is 5.02 Å². The second kappa shape index (κ2) is 6.10. The van der Waals surface area contributed by atoms with Gasteiger partial charge in [-0.3, -0.25) is 10.2 Å². The molecule has 1 aliphatic carbocycles. The lowest BCUT2D eigenvalue weighted by Gasteiger charge is -2.05. The highest BCUT2D eigenvalue weighted by Crippen LogP contribution is 2.20. The largest absolute Gasteiger partial charge is 0.287 e. The number of anilines is 1. The minimum Gasteiger partial charge on any atom is -0.287 e. The van der Waals surface area contributed by atoms with E-state index >= 15 is 0 Å². The summed E-state index contributed by atoms with van der Waals surface area (Å²) in [4.78, 5) is 12.5. The molecule has 21 heavy (non-hydrogen) atoms. The lowest BCUT2D eigenvalue weighted by atomic mass is 10.0. The van der Waals surface area contributed by atoms with E-state index in [4.69, 9.17) is 11.6 Å². The molecule has 0 atom stereocenters. The molecule has 4 heteroatoms. The molecule has 0 radical (unpaired) electrons. The third-order valence-electron chi connectivity index (χ3n) is 3.53. The molecule has 0 aliphatic heterocycles. The van der Waals surface area contributed by atoms with E-state index in [0.717, 1.165) is 29.7 Å². The number of nitrogens with one attached hydrogen (secondary N) is 1. The fourth-order valence-electron chi connectivity index (χ4n) is 2.47. The molecule has 2 aromatic carbocycles. The molecular formula is C17H15ClN2O. The number of hydrogen-bond donors (Lipinski definition) is 1. The fraction of sp³-hybridized carbons (Fsp3) is 0.176. The van der Waals surface area contributed by atoms with Gasteiger partial charge in [-0.15, -0.1) is 0 Å². The molecule has 0 spiro atoms. The smallest absolute Gasteiger partial charge is 0.209 e. The Hall–Kier alpha value is -2.13. The number of aryl methyl sites for hydroxylation is 1. The Balaban J connectivity index is 1.85. The van der Waals surface area contributed by atoms with Crippen molar-refractivity contribution in [2.45, 2.75) is 19.3 Å². The molecular weight excluding hydrogens is 284 g/mol. The summed E-state index contributed by atoms with van der Waals surface area (Å²) < 4.78 is 0. The van der Waals surface area contributed by atoms with Crippen LogP contribution in [0.25, 0.3) is 0 Å². The predicted molar refractivity (Wildman–Crippen MR) is 86.2 cm³/mol. The molecule has 2 aromatic rings. The minimum atomic E-state index is 0.0117. The van der Waals surface area contributed by atoms with Crippen LogP contribution in [0.15, 0.2) is 53.6 Å². The number of nitrogens with zero attached hydrogens (tertiary/aromatic N) is 1. The van der Waals surface area contributed by atoms with E-state index in [1.165, 1.54) is 0 Å².